The second-order valence-corrected chi connectivity index (χ2v) is 9.01. The van der Waals surface area contributed by atoms with Crippen molar-refractivity contribution in [1.29, 1.82) is 0 Å². The van der Waals surface area contributed by atoms with Crippen molar-refractivity contribution in [3.63, 3.8) is 0 Å². The van der Waals surface area contributed by atoms with Crippen LogP contribution in [0.25, 0.3) is 0 Å². The first kappa shape index (κ1) is 19.9. The van der Waals surface area contributed by atoms with Crippen molar-refractivity contribution in [2.24, 2.45) is 17.3 Å². The Morgan fingerprint density at radius 1 is 1.11 bits per heavy atom. The van der Waals surface area contributed by atoms with Gasteiger partial charge in [0.05, 0.1) is 16.8 Å². The van der Waals surface area contributed by atoms with Crippen molar-refractivity contribution >= 4 is 5.97 Å². The Hall–Kier alpha value is -1.85. The molecule has 2 aliphatic rings. The van der Waals surface area contributed by atoms with Crippen LogP contribution in [0.4, 0.5) is 0 Å². The van der Waals surface area contributed by atoms with E-state index in [9.17, 15) is 20.1 Å². The summed E-state index contributed by atoms with van der Waals surface area (Å²) in [6.45, 7) is 7.73. The number of benzene rings is 1. The third-order valence-corrected chi connectivity index (χ3v) is 6.48. The molecule has 1 fully saturated rings. The van der Waals surface area contributed by atoms with E-state index in [4.69, 9.17) is 4.74 Å². The van der Waals surface area contributed by atoms with Gasteiger partial charge < -0.3 is 20.1 Å². The number of fused-ring (bicyclic) bond motifs is 1. The highest BCUT2D eigenvalue weighted by atomic mass is 16.5. The summed E-state index contributed by atoms with van der Waals surface area (Å²) in [5.74, 6) is -0.754. The second-order valence-electron chi connectivity index (χ2n) is 9.01. The van der Waals surface area contributed by atoms with E-state index in [0.29, 0.717) is 12.0 Å². The molecule has 0 amide bonds. The maximum absolute atomic E-state index is 12.7. The minimum atomic E-state index is -1.12. The number of ether oxygens (including phenoxy) is 1. The van der Waals surface area contributed by atoms with Gasteiger partial charge in [-0.15, -0.1) is 0 Å². The third-order valence-electron chi connectivity index (χ3n) is 6.48. The average Bonchev–Trinajstić information content (AvgIpc) is 2.80. The molecule has 1 aromatic carbocycles. The lowest BCUT2D eigenvalue weighted by molar-refractivity contribution is -0.116. The number of carbonyl (C=O) groups excluding carboxylic acids is 1. The predicted octanol–water partition coefficient (Wildman–Crippen LogP) is 3.43. The van der Waals surface area contributed by atoms with Crippen LogP contribution in [-0.2, 0) is 4.74 Å². The molecule has 0 aromatic heterocycles. The molecule has 0 saturated heterocycles. The van der Waals surface area contributed by atoms with Crippen molar-refractivity contribution in [2.45, 2.75) is 64.3 Å². The fourth-order valence-corrected chi connectivity index (χ4v) is 4.81. The highest BCUT2D eigenvalue weighted by Crippen LogP contribution is 2.57. The number of esters is 1. The van der Waals surface area contributed by atoms with Crippen LogP contribution >= 0.6 is 0 Å². The minimum Gasteiger partial charge on any atom is -0.508 e. The Morgan fingerprint density at radius 3 is 2.33 bits per heavy atom. The highest BCUT2D eigenvalue weighted by molar-refractivity contribution is 5.89. The molecule has 5 nitrogen and oxygen atoms in total. The molecule has 1 aromatic rings. The van der Waals surface area contributed by atoms with Crippen molar-refractivity contribution in [2.75, 3.05) is 0 Å². The molecule has 0 spiro atoms. The molecular weight excluding hydrogens is 344 g/mol. The number of aliphatic hydroxyl groups is 2. The van der Waals surface area contributed by atoms with Gasteiger partial charge in [0, 0.05) is 12.3 Å². The smallest absolute Gasteiger partial charge is 0.338 e. The van der Waals surface area contributed by atoms with Gasteiger partial charge >= 0.3 is 5.97 Å². The zero-order chi connectivity index (χ0) is 20.0. The van der Waals surface area contributed by atoms with Crippen molar-refractivity contribution in [1.82, 2.24) is 0 Å². The lowest BCUT2D eigenvalue weighted by Crippen LogP contribution is -2.51. The standard InChI is InChI=1S/C22H30O5/c1-14(2)22(26)12-10-20(3)9-11-21(4,25)13-17(18(20)22)27-19(24)15-5-7-16(23)8-6-15/h5-9,11,14,17-18,23,25-26H,10,12-13H2,1-4H3/t17-,18+,20-,21+,22+/m0/s1. The van der Waals surface area contributed by atoms with Crippen LogP contribution in [0.15, 0.2) is 36.4 Å². The number of phenolic OH excluding ortho intramolecular Hbond substituents is 1. The van der Waals surface area contributed by atoms with Crippen LogP contribution in [0.1, 0.15) is 57.3 Å². The molecule has 2 aliphatic carbocycles. The van der Waals surface area contributed by atoms with Crippen LogP contribution in [0.2, 0.25) is 0 Å². The molecule has 5 heteroatoms. The first-order valence-electron chi connectivity index (χ1n) is 9.62. The van der Waals surface area contributed by atoms with E-state index in [-0.39, 0.29) is 29.4 Å². The van der Waals surface area contributed by atoms with Crippen LogP contribution in [-0.4, -0.2) is 38.6 Å². The van der Waals surface area contributed by atoms with Gasteiger partial charge in [-0.05, 0) is 55.4 Å². The minimum absolute atomic E-state index is 0.00403. The molecule has 0 radical (unpaired) electrons. The van der Waals surface area contributed by atoms with Gasteiger partial charge in [0.15, 0.2) is 0 Å². The van der Waals surface area contributed by atoms with E-state index in [1.54, 1.807) is 13.0 Å². The Morgan fingerprint density at radius 2 is 1.74 bits per heavy atom. The summed E-state index contributed by atoms with van der Waals surface area (Å²) in [7, 11) is 0. The Balaban J connectivity index is 1.97. The van der Waals surface area contributed by atoms with Gasteiger partial charge in [0.25, 0.3) is 0 Å². The van der Waals surface area contributed by atoms with Gasteiger partial charge in [-0.25, -0.2) is 4.79 Å². The third kappa shape index (κ3) is 3.63. The zero-order valence-electron chi connectivity index (χ0n) is 16.5. The topological polar surface area (TPSA) is 87.0 Å². The first-order valence-corrected chi connectivity index (χ1v) is 9.62. The number of carbonyl (C=O) groups is 1. The summed E-state index contributed by atoms with van der Waals surface area (Å²) in [5, 5.41) is 31.6. The first-order chi connectivity index (χ1) is 12.5. The maximum Gasteiger partial charge on any atom is 0.338 e. The molecule has 0 unspecified atom stereocenters. The number of hydrogen-bond donors (Lipinski definition) is 3. The predicted molar refractivity (Wildman–Crippen MR) is 102 cm³/mol. The Labute approximate surface area is 160 Å². The van der Waals surface area contributed by atoms with Crippen LogP contribution < -0.4 is 0 Å². The summed E-state index contributed by atoms with van der Waals surface area (Å²) >= 11 is 0. The average molecular weight is 374 g/mol. The van der Waals surface area contributed by atoms with E-state index < -0.39 is 23.3 Å². The number of allylic oxidation sites excluding steroid dienone is 1. The Bertz CT molecular complexity index is 736. The normalized spacial score (nSPS) is 38.5. The van der Waals surface area contributed by atoms with Crippen molar-refractivity contribution in [3.05, 3.63) is 42.0 Å². The van der Waals surface area contributed by atoms with E-state index in [1.807, 2.05) is 19.9 Å². The lowest BCUT2D eigenvalue weighted by Gasteiger charge is -2.43. The van der Waals surface area contributed by atoms with Gasteiger partial charge in [0.1, 0.15) is 11.9 Å². The number of hydrogen-bond acceptors (Lipinski definition) is 5. The number of aromatic hydroxyl groups is 1. The molecule has 0 heterocycles. The molecule has 1 saturated carbocycles. The molecule has 27 heavy (non-hydrogen) atoms. The van der Waals surface area contributed by atoms with Gasteiger partial charge in [-0.2, -0.15) is 0 Å². The largest absolute Gasteiger partial charge is 0.508 e. The molecule has 148 valence electrons. The van der Waals surface area contributed by atoms with Crippen molar-refractivity contribution < 1.29 is 24.9 Å². The van der Waals surface area contributed by atoms with E-state index >= 15 is 0 Å². The molecule has 5 atom stereocenters. The van der Waals surface area contributed by atoms with Crippen LogP contribution in [0, 0.1) is 17.3 Å². The monoisotopic (exact) mass is 374 g/mol. The quantitative estimate of drug-likeness (QED) is 0.557. The van der Waals surface area contributed by atoms with Crippen molar-refractivity contribution in [3.8, 4) is 5.75 Å². The van der Waals surface area contributed by atoms with Gasteiger partial charge in [-0.3, -0.25) is 0 Å². The molecular formula is C22H30O5. The van der Waals surface area contributed by atoms with Crippen LogP contribution in [0.5, 0.6) is 5.75 Å². The second kappa shape index (κ2) is 6.64. The van der Waals surface area contributed by atoms with Gasteiger partial charge in [-0.1, -0.05) is 32.9 Å². The lowest BCUT2D eigenvalue weighted by atomic mass is 9.68. The fraction of sp³-hybridized carbons (Fsp3) is 0.591. The number of rotatable bonds is 3. The molecule has 3 rings (SSSR count). The highest BCUT2D eigenvalue weighted by Gasteiger charge is 2.60. The van der Waals surface area contributed by atoms with Gasteiger partial charge in [0.2, 0.25) is 0 Å². The van der Waals surface area contributed by atoms with E-state index in [1.165, 1.54) is 24.3 Å². The van der Waals surface area contributed by atoms with Crippen LogP contribution in [0.3, 0.4) is 0 Å². The summed E-state index contributed by atoms with van der Waals surface area (Å²) < 4.78 is 5.88. The summed E-state index contributed by atoms with van der Waals surface area (Å²) in [4.78, 5) is 12.7. The van der Waals surface area contributed by atoms with E-state index in [2.05, 4.69) is 6.92 Å². The summed E-state index contributed by atoms with van der Waals surface area (Å²) in [6.07, 6.45) is 4.77. The maximum atomic E-state index is 12.7. The van der Waals surface area contributed by atoms with E-state index in [0.717, 1.165) is 6.42 Å². The molecule has 0 bridgehead atoms. The summed E-state index contributed by atoms with van der Waals surface area (Å²) in [6, 6.07) is 5.89. The molecule has 3 N–H and O–H groups in total. The SMILES string of the molecule is CC(C)[C@]1(O)CC[C@]2(C)C=C[C@@](C)(O)C[C@H](OC(=O)c3ccc(O)cc3)[C@H]21. The number of phenols is 1. The molecule has 0 aliphatic heterocycles. The fourth-order valence-electron chi connectivity index (χ4n) is 4.81. The Kier molecular flexibility index (Phi) is 4.89. The summed E-state index contributed by atoms with van der Waals surface area (Å²) in [5.41, 5.74) is -2.12. The zero-order valence-corrected chi connectivity index (χ0v) is 16.5.